The highest BCUT2D eigenvalue weighted by Gasteiger charge is 2.51. The smallest absolute Gasteiger partial charge is 0.303 e. The summed E-state index contributed by atoms with van der Waals surface area (Å²) in [5, 5.41) is 9.51. The Morgan fingerprint density at radius 1 is 0.957 bits per heavy atom. The van der Waals surface area contributed by atoms with Crippen molar-refractivity contribution in [1.82, 2.24) is 0 Å². The fourth-order valence-electron chi connectivity index (χ4n) is 2.30. The van der Waals surface area contributed by atoms with Crippen LogP contribution in [-0.2, 0) is 33.3 Å². The molecule has 1 N–H and O–H groups in total. The zero-order valence-electron chi connectivity index (χ0n) is 13.5. The van der Waals surface area contributed by atoms with Gasteiger partial charge in [0.2, 0.25) is 0 Å². The molecule has 0 aromatic carbocycles. The number of aliphatic hydroxyl groups excluding tert-OH is 1. The lowest BCUT2D eigenvalue weighted by Gasteiger charge is -2.43. The molecule has 0 unspecified atom stereocenters. The van der Waals surface area contributed by atoms with Gasteiger partial charge in [-0.05, 0) is 5.75 Å². The van der Waals surface area contributed by atoms with Gasteiger partial charge in [0, 0.05) is 20.8 Å². The predicted octanol–water partition coefficient (Wildman–Crippen LogP) is 0.252. The molecule has 1 saturated heterocycles. The highest BCUT2D eigenvalue weighted by atomic mass is 32.2. The van der Waals surface area contributed by atoms with Crippen molar-refractivity contribution in [1.29, 1.82) is 0 Å². The third kappa shape index (κ3) is 5.67. The van der Waals surface area contributed by atoms with E-state index < -0.39 is 54.4 Å². The predicted molar refractivity (Wildman–Crippen MR) is 80.5 cm³/mol. The molecular weight excluding hydrogens is 328 g/mol. The van der Waals surface area contributed by atoms with Gasteiger partial charge in [0.25, 0.3) is 0 Å². The third-order valence-corrected chi connectivity index (χ3v) is 4.05. The number of hydrogen-bond acceptors (Lipinski definition) is 9. The highest BCUT2D eigenvalue weighted by Crippen LogP contribution is 2.33. The first-order chi connectivity index (χ1) is 10.8. The second-order valence-electron chi connectivity index (χ2n) is 4.90. The van der Waals surface area contributed by atoms with Crippen LogP contribution in [0.5, 0.6) is 0 Å². The molecule has 1 aliphatic rings. The lowest BCUT2D eigenvalue weighted by atomic mass is 9.99. The van der Waals surface area contributed by atoms with E-state index in [0.717, 1.165) is 0 Å². The van der Waals surface area contributed by atoms with Crippen LogP contribution >= 0.6 is 11.8 Å². The Balaban J connectivity index is 3.16. The lowest BCUT2D eigenvalue weighted by molar-refractivity contribution is -0.236. The first-order valence-electron chi connectivity index (χ1n) is 7.19. The van der Waals surface area contributed by atoms with Gasteiger partial charge in [0.1, 0.15) is 11.5 Å². The van der Waals surface area contributed by atoms with Crippen LogP contribution in [-0.4, -0.2) is 65.2 Å². The number of carbonyl (C=O) groups excluding carboxylic acids is 3. The van der Waals surface area contributed by atoms with Gasteiger partial charge < -0.3 is 24.1 Å². The maximum absolute atomic E-state index is 11.4. The quantitative estimate of drug-likeness (QED) is 0.532. The van der Waals surface area contributed by atoms with Gasteiger partial charge in [0.05, 0.1) is 6.61 Å². The number of aliphatic hydroxyl groups is 1. The molecule has 0 radical (unpaired) electrons. The average Bonchev–Trinajstić information content (AvgIpc) is 2.43. The summed E-state index contributed by atoms with van der Waals surface area (Å²) < 4.78 is 21.3. The van der Waals surface area contributed by atoms with E-state index in [9.17, 15) is 19.5 Å². The van der Waals surface area contributed by atoms with E-state index >= 15 is 0 Å². The van der Waals surface area contributed by atoms with Gasteiger partial charge in [0.15, 0.2) is 18.3 Å². The fourth-order valence-corrected chi connectivity index (χ4v) is 3.25. The first kappa shape index (κ1) is 19.7. The molecular formula is C14H22O8S. The van der Waals surface area contributed by atoms with Crippen LogP contribution in [0.15, 0.2) is 0 Å². The largest absolute Gasteiger partial charge is 0.456 e. The first-order valence-corrected chi connectivity index (χ1v) is 8.24. The molecule has 0 aliphatic carbocycles. The number of esters is 3. The molecule has 5 atom stereocenters. The van der Waals surface area contributed by atoms with Crippen LogP contribution in [0.1, 0.15) is 27.7 Å². The average molecular weight is 350 g/mol. The molecule has 1 aliphatic heterocycles. The Labute approximate surface area is 138 Å². The Morgan fingerprint density at radius 3 is 1.87 bits per heavy atom. The maximum atomic E-state index is 11.4. The van der Waals surface area contributed by atoms with Crippen LogP contribution in [0.25, 0.3) is 0 Å². The zero-order chi connectivity index (χ0) is 17.6. The van der Waals surface area contributed by atoms with E-state index in [1.807, 2.05) is 6.92 Å². The standard InChI is InChI=1S/C14H22O8S/c1-5-23-14-13(21-9(4)18)12(20-8(3)17)11(19-7(2)16)10(6-15)22-14/h10-15H,5-6H2,1-4H3/t10-,11-,12+,13-,14+/m1/s1. The monoisotopic (exact) mass is 350 g/mol. The summed E-state index contributed by atoms with van der Waals surface area (Å²) in [6.45, 7) is 5.04. The molecule has 23 heavy (non-hydrogen) atoms. The van der Waals surface area contributed by atoms with Crippen molar-refractivity contribution in [3.8, 4) is 0 Å². The Morgan fingerprint density at radius 2 is 1.43 bits per heavy atom. The maximum Gasteiger partial charge on any atom is 0.303 e. The van der Waals surface area contributed by atoms with Gasteiger partial charge >= 0.3 is 17.9 Å². The summed E-state index contributed by atoms with van der Waals surface area (Å²) in [4.78, 5) is 34.1. The lowest BCUT2D eigenvalue weighted by Crippen LogP contribution is -2.61. The van der Waals surface area contributed by atoms with Crippen molar-refractivity contribution >= 4 is 29.7 Å². The minimum Gasteiger partial charge on any atom is -0.456 e. The second-order valence-corrected chi connectivity index (χ2v) is 6.28. The molecule has 8 nitrogen and oxygen atoms in total. The minimum atomic E-state index is -1.07. The normalized spacial score (nSPS) is 30.4. The fraction of sp³-hybridized carbons (Fsp3) is 0.786. The Bertz CT molecular complexity index is 440. The molecule has 1 rings (SSSR count). The zero-order valence-corrected chi connectivity index (χ0v) is 14.3. The summed E-state index contributed by atoms with van der Waals surface area (Å²) in [7, 11) is 0. The molecule has 0 aromatic heterocycles. The third-order valence-electron chi connectivity index (χ3n) is 3.01. The molecule has 1 fully saturated rings. The SMILES string of the molecule is CCS[C@@H]1O[C@H](CO)[C@@H](OC(C)=O)[C@H](OC(C)=O)[C@H]1OC(C)=O. The highest BCUT2D eigenvalue weighted by molar-refractivity contribution is 7.99. The van der Waals surface area contributed by atoms with E-state index in [4.69, 9.17) is 18.9 Å². The van der Waals surface area contributed by atoms with E-state index in [0.29, 0.717) is 5.75 Å². The van der Waals surface area contributed by atoms with Crippen molar-refractivity contribution in [2.24, 2.45) is 0 Å². The van der Waals surface area contributed by atoms with Crippen molar-refractivity contribution < 1.29 is 38.4 Å². The second kappa shape index (κ2) is 9.09. The molecule has 0 saturated carbocycles. The van der Waals surface area contributed by atoms with Crippen molar-refractivity contribution in [3.05, 3.63) is 0 Å². The number of ether oxygens (including phenoxy) is 4. The molecule has 0 spiro atoms. The molecule has 132 valence electrons. The van der Waals surface area contributed by atoms with E-state index in [-0.39, 0.29) is 0 Å². The van der Waals surface area contributed by atoms with E-state index in [2.05, 4.69) is 0 Å². The molecule has 1 heterocycles. The summed E-state index contributed by atoms with van der Waals surface area (Å²) in [5.41, 5.74) is -0.655. The number of hydrogen-bond donors (Lipinski definition) is 1. The number of rotatable bonds is 6. The van der Waals surface area contributed by atoms with Crippen LogP contribution in [0.3, 0.4) is 0 Å². The molecule has 0 aromatic rings. The van der Waals surface area contributed by atoms with Gasteiger partial charge in [-0.15, -0.1) is 11.8 Å². The topological polar surface area (TPSA) is 108 Å². The van der Waals surface area contributed by atoms with E-state index in [1.165, 1.54) is 32.5 Å². The summed E-state index contributed by atoms with van der Waals surface area (Å²) in [6, 6.07) is 0. The van der Waals surface area contributed by atoms with Crippen LogP contribution in [0, 0.1) is 0 Å². The molecule has 9 heteroatoms. The van der Waals surface area contributed by atoms with E-state index in [1.54, 1.807) is 0 Å². The number of thioether (sulfide) groups is 1. The minimum absolute atomic E-state index is 0.441. The molecule has 0 bridgehead atoms. The number of carbonyl (C=O) groups is 3. The van der Waals surface area contributed by atoms with Gasteiger partial charge in [-0.2, -0.15) is 0 Å². The summed E-state index contributed by atoms with van der Waals surface area (Å²) in [6.07, 6.45) is -3.97. The van der Waals surface area contributed by atoms with Crippen molar-refractivity contribution in [2.75, 3.05) is 12.4 Å². The van der Waals surface area contributed by atoms with Gasteiger partial charge in [-0.25, -0.2) is 0 Å². The summed E-state index contributed by atoms with van der Waals surface area (Å²) in [5.74, 6) is -1.19. The van der Waals surface area contributed by atoms with Crippen LogP contribution in [0.2, 0.25) is 0 Å². The Kier molecular flexibility index (Phi) is 7.80. The Hall–Kier alpha value is -1.32. The summed E-state index contributed by atoms with van der Waals surface area (Å²) >= 11 is 1.33. The van der Waals surface area contributed by atoms with Crippen LogP contribution in [0.4, 0.5) is 0 Å². The van der Waals surface area contributed by atoms with Crippen molar-refractivity contribution in [2.45, 2.75) is 57.5 Å². The molecule has 0 amide bonds. The van der Waals surface area contributed by atoms with Gasteiger partial charge in [-0.1, -0.05) is 6.92 Å². The van der Waals surface area contributed by atoms with Crippen LogP contribution < -0.4 is 0 Å². The van der Waals surface area contributed by atoms with Gasteiger partial charge in [-0.3, -0.25) is 14.4 Å². The van der Waals surface area contributed by atoms with Crippen molar-refractivity contribution in [3.63, 3.8) is 0 Å².